The highest BCUT2D eigenvalue weighted by Gasteiger charge is 2.32. The first-order valence-corrected chi connectivity index (χ1v) is 5.23. The van der Waals surface area contributed by atoms with Crippen LogP contribution in [0, 0.1) is 5.92 Å². The molecular weight excluding hydrogens is 215 g/mol. The molecule has 2 N–H and O–H groups in total. The van der Waals surface area contributed by atoms with Crippen molar-refractivity contribution in [2.24, 2.45) is 11.7 Å². The summed E-state index contributed by atoms with van der Waals surface area (Å²) in [4.78, 5) is 0. The average molecular weight is 231 g/mol. The fraction of sp³-hybridized carbons (Fsp3) is 0.500. The van der Waals surface area contributed by atoms with E-state index < -0.39 is 11.7 Å². The minimum Gasteiger partial charge on any atom is -0.326 e. The van der Waals surface area contributed by atoms with Crippen LogP contribution in [0.2, 0.25) is 0 Å². The number of rotatable bonds is 3. The lowest BCUT2D eigenvalue weighted by molar-refractivity contribution is -0.138. The molecule has 0 aromatic heterocycles. The van der Waals surface area contributed by atoms with E-state index in [0.29, 0.717) is 5.92 Å². The number of halogens is 3. The molecule has 0 aliphatic carbocycles. The van der Waals surface area contributed by atoms with Crippen molar-refractivity contribution in [2.75, 3.05) is 0 Å². The molecule has 0 bridgehead atoms. The number of benzene rings is 1. The Kier molecular flexibility index (Phi) is 3.97. The largest absolute Gasteiger partial charge is 0.416 e. The van der Waals surface area contributed by atoms with E-state index in [2.05, 4.69) is 0 Å². The van der Waals surface area contributed by atoms with E-state index in [4.69, 9.17) is 5.73 Å². The second-order valence-corrected chi connectivity index (χ2v) is 4.29. The lowest BCUT2D eigenvalue weighted by Crippen LogP contribution is -2.12. The fourth-order valence-corrected chi connectivity index (χ4v) is 1.69. The van der Waals surface area contributed by atoms with Crippen molar-refractivity contribution in [1.29, 1.82) is 0 Å². The molecule has 0 spiro atoms. The summed E-state index contributed by atoms with van der Waals surface area (Å²) in [5.74, 6) is 0.419. The second kappa shape index (κ2) is 4.87. The molecule has 1 aromatic rings. The molecule has 90 valence electrons. The van der Waals surface area contributed by atoms with E-state index >= 15 is 0 Å². The van der Waals surface area contributed by atoms with E-state index in [1.54, 1.807) is 6.07 Å². The molecule has 0 heterocycles. The van der Waals surface area contributed by atoms with Gasteiger partial charge in [0.1, 0.15) is 0 Å². The summed E-state index contributed by atoms with van der Waals surface area (Å²) in [5.41, 5.74) is 5.80. The van der Waals surface area contributed by atoms with Gasteiger partial charge < -0.3 is 5.73 Å². The Hall–Kier alpha value is -1.03. The fourth-order valence-electron chi connectivity index (χ4n) is 1.69. The van der Waals surface area contributed by atoms with Crippen LogP contribution in [0.25, 0.3) is 0 Å². The molecule has 16 heavy (non-hydrogen) atoms. The molecule has 0 saturated carbocycles. The maximum absolute atomic E-state index is 12.6. The molecule has 0 unspecified atom stereocenters. The Morgan fingerprint density at radius 3 is 2.31 bits per heavy atom. The quantitative estimate of drug-likeness (QED) is 0.848. The monoisotopic (exact) mass is 231 g/mol. The van der Waals surface area contributed by atoms with E-state index in [-0.39, 0.29) is 12.1 Å². The Labute approximate surface area is 93.5 Å². The van der Waals surface area contributed by atoms with Crippen molar-refractivity contribution >= 4 is 0 Å². The maximum atomic E-state index is 12.6. The van der Waals surface area contributed by atoms with Crippen LogP contribution < -0.4 is 5.73 Å². The molecule has 1 aromatic carbocycles. The lowest BCUT2D eigenvalue weighted by atomic mass is 9.97. The lowest BCUT2D eigenvalue weighted by Gasteiger charge is -2.14. The van der Waals surface area contributed by atoms with E-state index in [1.165, 1.54) is 6.07 Å². The minimum absolute atomic E-state index is 0.0826. The van der Waals surface area contributed by atoms with Crippen molar-refractivity contribution in [3.05, 3.63) is 34.9 Å². The van der Waals surface area contributed by atoms with Gasteiger partial charge in [0.2, 0.25) is 0 Å². The topological polar surface area (TPSA) is 26.0 Å². The summed E-state index contributed by atoms with van der Waals surface area (Å²) in [6, 6.07) is 4.21. The summed E-state index contributed by atoms with van der Waals surface area (Å²) < 4.78 is 37.7. The van der Waals surface area contributed by atoms with Gasteiger partial charge in [0.05, 0.1) is 5.56 Å². The third kappa shape index (κ3) is 3.23. The molecule has 0 atom stereocenters. The van der Waals surface area contributed by atoms with Crippen molar-refractivity contribution < 1.29 is 13.2 Å². The van der Waals surface area contributed by atoms with E-state index in [0.717, 1.165) is 18.1 Å². The Morgan fingerprint density at radius 1 is 1.25 bits per heavy atom. The van der Waals surface area contributed by atoms with Crippen molar-refractivity contribution in [3.63, 3.8) is 0 Å². The molecule has 0 fully saturated rings. The van der Waals surface area contributed by atoms with Gasteiger partial charge in [-0.2, -0.15) is 13.2 Å². The Bertz CT molecular complexity index is 356. The summed E-state index contributed by atoms with van der Waals surface area (Å²) >= 11 is 0. The molecule has 0 aliphatic rings. The molecule has 0 amide bonds. The van der Waals surface area contributed by atoms with Crippen LogP contribution in [0.5, 0.6) is 0 Å². The third-order valence-electron chi connectivity index (χ3n) is 2.34. The number of hydrogen-bond acceptors (Lipinski definition) is 1. The van der Waals surface area contributed by atoms with E-state index in [1.807, 2.05) is 13.8 Å². The third-order valence-corrected chi connectivity index (χ3v) is 2.34. The molecular formula is C12H16F3N. The number of nitrogens with two attached hydrogens (primary N) is 1. The predicted molar refractivity (Wildman–Crippen MR) is 57.9 cm³/mol. The highest BCUT2D eigenvalue weighted by atomic mass is 19.4. The summed E-state index contributed by atoms with van der Waals surface area (Å²) in [6.07, 6.45) is -3.55. The van der Waals surface area contributed by atoms with Crippen LogP contribution in [0.3, 0.4) is 0 Å². The smallest absolute Gasteiger partial charge is 0.326 e. The number of alkyl halides is 3. The zero-order valence-electron chi connectivity index (χ0n) is 9.43. The Morgan fingerprint density at radius 2 is 1.88 bits per heavy atom. The highest BCUT2D eigenvalue weighted by Crippen LogP contribution is 2.32. The van der Waals surface area contributed by atoms with Gasteiger partial charge in [0.15, 0.2) is 0 Å². The van der Waals surface area contributed by atoms with Crippen LogP contribution in [0.1, 0.15) is 30.5 Å². The minimum atomic E-state index is -4.31. The van der Waals surface area contributed by atoms with Gasteiger partial charge in [0, 0.05) is 6.54 Å². The summed E-state index contributed by atoms with van der Waals surface area (Å²) in [7, 11) is 0. The van der Waals surface area contributed by atoms with Gasteiger partial charge >= 0.3 is 6.18 Å². The van der Waals surface area contributed by atoms with Gasteiger partial charge in [-0.05, 0) is 29.5 Å². The first-order chi connectivity index (χ1) is 7.34. The van der Waals surface area contributed by atoms with Crippen LogP contribution in [0.15, 0.2) is 18.2 Å². The van der Waals surface area contributed by atoms with Gasteiger partial charge in [-0.25, -0.2) is 0 Å². The van der Waals surface area contributed by atoms with Crippen molar-refractivity contribution in [3.8, 4) is 0 Å². The van der Waals surface area contributed by atoms with E-state index in [9.17, 15) is 13.2 Å². The maximum Gasteiger partial charge on any atom is 0.416 e. The van der Waals surface area contributed by atoms with Crippen LogP contribution in [-0.4, -0.2) is 0 Å². The molecule has 4 heteroatoms. The summed E-state index contributed by atoms with van der Waals surface area (Å²) in [6.45, 7) is 3.97. The first kappa shape index (κ1) is 13.0. The van der Waals surface area contributed by atoms with Crippen LogP contribution >= 0.6 is 0 Å². The predicted octanol–water partition coefficient (Wildman–Crippen LogP) is 3.36. The first-order valence-electron chi connectivity index (χ1n) is 5.23. The average Bonchev–Trinajstić information content (AvgIpc) is 2.14. The molecule has 0 aliphatic heterocycles. The standard InChI is InChI=1S/C12H16F3N/c1-8(2)5-9-3-4-11(12(13,14)15)10(6-9)7-16/h3-4,6,8H,5,7,16H2,1-2H3. The molecule has 1 nitrogen and oxygen atoms in total. The van der Waals surface area contributed by atoms with Crippen molar-refractivity contribution in [1.82, 2.24) is 0 Å². The highest BCUT2D eigenvalue weighted by molar-refractivity contribution is 5.34. The molecule has 1 rings (SSSR count). The number of hydrogen-bond donors (Lipinski definition) is 1. The van der Waals surface area contributed by atoms with Gasteiger partial charge in [0.25, 0.3) is 0 Å². The van der Waals surface area contributed by atoms with Crippen LogP contribution in [-0.2, 0) is 19.1 Å². The van der Waals surface area contributed by atoms with Crippen molar-refractivity contribution in [2.45, 2.75) is 33.0 Å². The summed E-state index contributed by atoms with van der Waals surface area (Å²) in [5, 5.41) is 0. The Balaban J connectivity index is 3.07. The van der Waals surface area contributed by atoms with Gasteiger partial charge in [-0.1, -0.05) is 26.0 Å². The van der Waals surface area contributed by atoms with Gasteiger partial charge in [-0.15, -0.1) is 0 Å². The zero-order valence-corrected chi connectivity index (χ0v) is 9.43. The molecule has 0 saturated heterocycles. The zero-order chi connectivity index (χ0) is 12.3. The second-order valence-electron chi connectivity index (χ2n) is 4.29. The molecule has 0 radical (unpaired) electrons. The SMILES string of the molecule is CC(C)Cc1ccc(C(F)(F)F)c(CN)c1. The van der Waals surface area contributed by atoms with Crippen LogP contribution in [0.4, 0.5) is 13.2 Å². The van der Waals surface area contributed by atoms with Gasteiger partial charge in [-0.3, -0.25) is 0 Å². The normalized spacial score (nSPS) is 12.2.